The Morgan fingerprint density at radius 1 is 1.03 bits per heavy atom. The van der Waals surface area contributed by atoms with E-state index < -0.39 is 11.9 Å². The first kappa shape index (κ1) is 20.6. The highest BCUT2D eigenvalue weighted by Gasteiger charge is 2.38. The average molecular weight is 394 g/mol. The molecule has 1 saturated heterocycles. The SMILES string of the molecule is C[C@H](NC(=O)COC(=O)[C@@H]1CC(=O)N([C@H](C)c2ccccc2)C1)c1ccccc1. The van der Waals surface area contributed by atoms with E-state index in [2.05, 4.69) is 5.32 Å². The highest BCUT2D eigenvalue weighted by atomic mass is 16.5. The molecule has 0 unspecified atom stereocenters. The number of esters is 1. The molecule has 3 rings (SSSR count). The molecule has 0 bridgehead atoms. The van der Waals surface area contributed by atoms with Crippen LogP contribution in [0.4, 0.5) is 0 Å². The van der Waals surface area contributed by atoms with Gasteiger partial charge in [-0.15, -0.1) is 0 Å². The van der Waals surface area contributed by atoms with Crippen molar-refractivity contribution in [2.45, 2.75) is 32.4 Å². The van der Waals surface area contributed by atoms with E-state index in [9.17, 15) is 14.4 Å². The molecular weight excluding hydrogens is 368 g/mol. The van der Waals surface area contributed by atoms with Crippen LogP contribution >= 0.6 is 0 Å². The molecule has 2 amide bonds. The van der Waals surface area contributed by atoms with Crippen molar-refractivity contribution in [3.63, 3.8) is 0 Å². The smallest absolute Gasteiger partial charge is 0.311 e. The van der Waals surface area contributed by atoms with Crippen molar-refractivity contribution in [3.8, 4) is 0 Å². The summed E-state index contributed by atoms with van der Waals surface area (Å²) in [6.07, 6.45) is 0.109. The largest absolute Gasteiger partial charge is 0.455 e. The molecule has 6 heteroatoms. The Morgan fingerprint density at radius 2 is 1.62 bits per heavy atom. The number of carbonyl (C=O) groups is 3. The van der Waals surface area contributed by atoms with Gasteiger partial charge in [-0.2, -0.15) is 0 Å². The number of hydrogen-bond donors (Lipinski definition) is 1. The Hall–Kier alpha value is -3.15. The van der Waals surface area contributed by atoms with Crippen LogP contribution in [0.5, 0.6) is 0 Å². The minimum absolute atomic E-state index is 0.0783. The number of nitrogens with zero attached hydrogens (tertiary/aromatic N) is 1. The molecule has 3 atom stereocenters. The van der Waals surface area contributed by atoms with Gasteiger partial charge in [0.05, 0.1) is 18.0 Å². The van der Waals surface area contributed by atoms with E-state index in [1.165, 1.54) is 0 Å². The molecule has 1 heterocycles. The lowest BCUT2D eigenvalue weighted by Gasteiger charge is -2.25. The topological polar surface area (TPSA) is 75.7 Å². The van der Waals surface area contributed by atoms with Crippen molar-refractivity contribution >= 4 is 17.8 Å². The first-order chi connectivity index (χ1) is 14.0. The van der Waals surface area contributed by atoms with Crippen molar-refractivity contribution in [2.24, 2.45) is 5.92 Å². The van der Waals surface area contributed by atoms with Crippen LogP contribution in [0, 0.1) is 5.92 Å². The summed E-state index contributed by atoms with van der Waals surface area (Å²) >= 11 is 0. The van der Waals surface area contributed by atoms with Gasteiger partial charge in [-0.3, -0.25) is 14.4 Å². The Labute approximate surface area is 170 Å². The zero-order valence-electron chi connectivity index (χ0n) is 16.7. The van der Waals surface area contributed by atoms with Crippen molar-refractivity contribution < 1.29 is 19.1 Å². The number of nitrogens with one attached hydrogen (secondary N) is 1. The van der Waals surface area contributed by atoms with Crippen LogP contribution in [0.2, 0.25) is 0 Å². The van der Waals surface area contributed by atoms with Gasteiger partial charge >= 0.3 is 5.97 Å². The van der Waals surface area contributed by atoms with Crippen molar-refractivity contribution in [3.05, 3.63) is 71.8 Å². The summed E-state index contributed by atoms with van der Waals surface area (Å²) in [5.74, 6) is -1.50. The van der Waals surface area contributed by atoms with Crippen LogP contribution in [-0.4, -0.2) is 35.8 Å². The molecule has 0 radical (unpaired) electrons. The molecule has 0 aromatic heterocycles. The van der Waals surface area contributed by atoms with E-state index in [4.69, 9.17) is 4.74 Å². The quantitative estimate of drug-likeness (QED) is 0.733. The lowest BCUT2D eigenvalue weighted by Crippen LogP contribution is -2.33. The van der Waals surface area contributed by atoms with E-state index in [0.717, 1.165) is 11.1 Å². The zero-order valence-corrected chi connectivity index (χ0v) is 16.7. The number of carbonyl (C=O) groups excluding carboxylic acids is 3. The van der Waals surface area contributed by atoms with E-state index in [1.54, 1.807) is 4.90 Å². The van der Waals surface area contributed by atoms with Crippen molar-refractivity contribution in [1.82, 2.24) is 10.2 Å². The molecule has 2 aromatic carbocycles. The predicted molar refractivity (Wildman–Crippen MR) is 109 cm³/mol. The second-order valence-corrected chi connectivity index (χ2v) is 7.34. The molecule has 1 fully saturated rings. The lowest BCUT2D eigenvalue weighted by molar-refractivity contribution is -0.152. The first-order valence-corrected chi connectivity index (χ1v) is 9.81. The van der Waals surface area contributed by atoms with Crippen LogP contribution in [0.3, 0.4) is 0 Å². The van der Waals surface area contributed by atoms with Gasteiger partial charge in [0.1, 0.15) is 0 Å². The number of ether oxygens (including phenoxy) is 1. The van der Waals surface area contributed by atoms with Gasteiger partial charge in [-0.1, -0.05) is 60.7 Å². The summed E-state index contributed by atoms with van der Waals surface area (Å²) in [4.78, 5) is 38.6. The standard InChI is InChI=1S/C23H26N2O4/c1-16(18-9-5-3-6-10-18)24-21(26)15-29-23(28)20-13-22(27)25(14-20)17(2)19-11-7-4-8-12-19/h3-12,16-17,20H,13-15H2,1-2H3,(H,24,26)/t16-,17+,20+/m0/s1. The molecule has 1 aliphatic rings. The summed E-state index contributed by atoms with van der Waals surface area (Å²) in [5, 5.41) is 2.81. The van der Waals surface area contributed by atoms with Gasteiger partial charge in [0.25, 0.3) is 5.91 Å². The van der Waals surface area contributed by atoms with Crippen LogP contribution < -0.4 is 5.32 Å². The molecule has 0 spiro atoms. The Kier molecular flexibility index (Phi) is 6.65. The van der Waals surface area contributed by atoms with Crippen LogP contribution in [0.15, 0.2) is 60.7 Å². The molecule has 29 heavy (non-hydrogen) atoms. The summed E-state index contributed by atoms with van der Waals surface area (Å²) in [6.45, 7) is 3.76. The van der Waals surface area contributed by atoms with Crippen LogP contribution in [0.25, 0.3) is 0 Å². The molecule has 0 aliphatic carbocycles. The second-order valence-electron chi connectivity index (χ2n) is 7.34. The maximum absolute atomic E-state index is 12.4. The summed E-state index contributed by atoms with van der Waals surface area (Å²) < 4.78 is 5.18. The molecule has 1 aliphatic heterocycles. The van der Waals surface area contributed by atoms with Crippen molar-refractivity contribution in [2.75, 3.05) is 13.2 Å². The molecule has 2 aromatic rings. The third-order valence-electron chi connectivity index (χ3n) is 5.26. The van der Waals surface area contributed by atoms with E-state index in [-0.39, 0.29) is 36.9 Å². The van der Waals surface area contributed by atoms with Crippen molar-refractivity contribution in [1.29, 1.82) is 0 Å². The summed E-state index contributed by atoms with van der Waals surface area (Å²) in [6, 6.07) is 18.9. The Morgan fingerprint density at radius 3 is 2.24 bits per heavy atom. The fourth-order valence-corrected chi connectivity index (χ4v) is 3.54. The minimum atomic E-state index is -0.548. The Balaban J connectivity index is 1.48. The van der Waals surface area contributed by atoms with E-state index >= 15 is 0 Å². The average Bonchev–Trinajstić information content (AvgIpc) is 3.14. The molecule has 1 N–H and O–H groups in total. The van der Waals surface area contributed by atoms with E-state index in [1.807, 2.05) is 74.5 Å². The highest BCUT2D eigenvalue weighted by Crippen LogP contribution is 2.29. The first-order valence-electron chi connectivity index (χ1n) is 9.81. The number of amides is 2. The normalized spacial score (nSPS) is 18.2. The monoisotopic (exact) mass is 394 g/mol. The second kappa shape index (κ2) is 9.37. The summed E-state index contributed by atoms with van der Waals surface area (Å²) in [5.41, 5.74) is 1.99. The third kappa shape index (κ3) is 5.22. The van der Waals surface area contributed by atoms with Crippen LogP contribution in [-0.2, 0) is 19.1 Å². The fraction of sp³-hybridized carbons (Fsp3) is 0.348. The number of rotatable bonds is 7. The maximum atomic E-state index is 12.4. The van der Waals surface area contributed by atoms with Gasteiger partial charge in [0, 0.05) is 13.0 Å². The predicted octanol–water partition coefficient (Wildman–Crippen LogP) is 3.02. The van der Waals surface area contributed by atoms with Gasteiger partial charge in [-0.25, -0.2) is 0 Å². The van der Waals surface area contributed by atoms with E-state index in [0.29, 0.717) is 6.54 Å². The summed E-state index contributed by atoms with van der Waals surface area (Å²) in [7, 11) is 0. The number of hydrogen-bond acceptors (Lipinski definition) is 4. The van der Waals surface area contributed by atoms with Gasteiger partial charge in [0.2, 0.25) is 5.91 Å². The third-order valence-corrected chi connectivity index (χ3v) is 5.26. The number of benzene rings is 2. The van der Waals surface area contributed by atoms with Gasteiger partial charge in [-0.05, 0) is 25.0 Å². The van der Waals surface area contributed by atoms with Crippen LogP contribution in [0.1, 0.15) is 43.5 Å². The molecular formula is C23H26N2O4. The number of likely N-dealkylation sites (tertiary alicyclic amines) is 1. The molecule has 0 saturated carbocycles. The minimum Gasteiger partial charge on any atom is -0.455 e. The highest BCUT2D eigenvalue weighted by molar-refractivity contribution is 5.88. The van der Waals surface area contributed by atoms with Gasteiger partial charge < -0.3 is 15.0 Å². The zero-order chi connectivity index (χ0) is 20.8. The maximum Gasteiger partial charge on any atom is 0.311 e. The molecule has 152 valence electrons. The molecule has 6 nitrogen and oxygen atoms in total. The fourth-order valence-electron chi connectivity index (χ4n) is 3.54. The Bertz CT molecular complexity index is 854. The lowest BCUT2D eigenvalue weighted by atomic mass is 10.1. The van der Waals surface area contributed by atoms with Gasteiger partial charge in [0.15, 0.2) is 6.61 Å².